The van der Waals surface area contributed by atoms with Gasteiger partial charge in [0.25, 0.3) is 0 Å². The number of rotatable bonds is 5. The lowest BCUT2D eigenvalue weighted by Gasteiger charge is -2.09. The van der Waals surface area contributed by atoms with Gasteiger partial charge in [0.2, 0.25) is 5.88 Å². The average Bonchev–Trinajstić information content (AvgIpc) is 2.37. The number of methoxy groups -OCH3 is 1. The number of aliphatic imine (C=N–C) groups is 1. The summed E-state index contributed by atoms with van der Waals surface area (Å²) in [7, 11) is 1.62. The van der Waals surface area contributed by atoms with Gasteiger partial charge in [0.1, 0.15) is 0 Å². The highest BCUT2D eigenvalue weighted by molar-refractivity contribution is 5.79. The van der Waals surface area contributed by atoms with Crippen molar-refractivity contribution >= 4 is 5.96 Å². The van der Waals surface area contributed by atoms with Gasteiger partial charge in [0.15, 0.2) is 5.96 Å². The van der Waals surface area contributed by atoms with Crippen LogP contribution in [0.5, 0.6) is 5.88 Å². The van der Waals surface area contributed by atoms with Crippen molar-refractivity contribution in [3.63, 3.8) is 0 Å². The molecule has 2 N–H and O–H groups in total. The first-order valence-electron chi connectivity index (χ1n) is 5.81. The number of hydrogen-bond acceptors (Lipinski definition) is 3. The normalized spacial score (nSPS) is 9.59. The maximum Gasteiger partial charge on any atom is 0.218 e. The van der Waals surface area contributed by atoms with Crippen molar-refractivity contribution in [2.75, 3.05) is 20.2 Å². The van der Waals surface area contributed by atoms with Crippen LogP contribution in [0.4, 0.5) is 0 Å². The summed E-state index contributed by atoms with van der Waals surface area (Å²) >= 11 is 0. The molecule has 0 atom stereocenters. The zero-order valence-corrected chi connectivity index (χ0v) is 10.7. The highest BCUT2D eigenvalue weighted by Crippen LogP contribution is 2.14. The Balaban J connectivity index is 2.71. The number of ether oxygens (including phenoxy) is 1. The molecule has 5 heteroatoms. The van der Waals surface area contributed by atoms with Crippen LogP contribution < -0.4 is 15.4 Å². The Morgan fingerprint density at radius 2 is 2.06 bits per heavy atom. The molecule has 0 radical (unpaired) electrons. The molecule has 0 spiro atoms. The molecule has 0 aliphatic heterocycles. The Hall–Kier alpha value is -1.78. The number of nitrogens with zero attached hydrogens (tertiary/aromatic N) is 2. The summed E-state index contributed by atoms with van der Waals surface area (Å²) in [4.78, 5) is 8.59. The molecule has 1 aromatic rings. The Morgan fingerprint density at radius 3 is 2.65 bits per heavy atom. The van der Waals surface area contributed by atoms with Crippen molar-refractivity contribution < 1.29 is 4.74 Å². The lowest BCUT2D eigenvalue weighted by Crippen LogP contribution is -2.36. The van der Waals surface area contributed by atoms with E-state index in [9.17, 15) is 0 Å². The molecular formula is C12H20N4O. The van der Waals surface area contributed by atoms with Crippen molar-refractivity contribution in [2.24, 2.45) is 4.99 Å². The fourth-order valence-corrected chi connectivity index (χ4v) is 1.40. The molecule has 0 saturated carbocycles. The zero-order chi connectivity index (χ0) is 12.5. The molecule has 0 aliphatic carbocycles. The zero-order valence-electron chi connectivity index (χ0n) is 10.7. The molecule has 1 rings (SSSR count). The average molecular weight is 236 g/mol. The maximum absolute atomic E-state index is 5.18. The van der Waals surface area contributed by atoms with E-state index >= 15 is 0 Å². The van der Waals surface area contributed by atoms with Crippen LogP contribution in [0.25, 0.3) is 0 Å². The van der Waals surface area contributed by atoms with Gasteiger partial charge in [-0.15, -0.1) is 0 Å². The topological polar surface area (TPSA) is 58.5 Å². The molecule has 0 amide bonds. The molecular weight excluding hydrogens is 216 g/mol. The van der Waals surface area contributed by atoms with Gasteiger partial charge in [-0.1, -0.05) is 6.07 Å². The molecule has 0 fully saturated rings. The van der Waals surface area contributed by atoms with Gasteiger partial charge in [-0.05, 0) is 19.9 Å². The van der Waals surface area contributed by atoms with Gasteiger partial charge in [-0.3, -0.25) is 0 Å². The van der Waals surface area contributed by atoms with Gasteiger partial charge in [0, 0.05) is 24.8 Å². The van der Waals surface area contributed by atoms with Gasteiger partial charge < -0.3 is 15.4 Å². The van der Waals surface area contributed by atoms with Crippen molar-refractivity contribution in [3.05, 3.63) is 23.9 Å². The third kappa shape index (κ3) is 4.30. The minimum atomic E-state index is 0.548. The summed E-state index contributed by atoms with van der Waals surface area (Å²) in [6.45, 7) is 6.31. The molecule has 5 nitrogen and oxygen atoms in total. The Kier molecular flexibility index (Phi) is 5.85. The predicted molar refractivity (Wildman–Crippen MR) is 69.3 cm³/mol. The van der Waals surface area contributed by atoms with E-state index in [1.807, 2.05) is 26.0 Å². The number of aromatic nitrogens is 1. The van der Waals surface area contributed by atoms with E-state index in [-0.39, 0.29) is 0 Å². The molecule has 1 heterocycles. The van der Waals surface area contributed by atoms with Crippen LogP contribution in [0.15, 0.2) is 23.3 Å². The van der Waals surface area contributed by atoms with Gasteiger partial charge in [-0.2, -0.15) is 0 Å². The maximum atomic E-state index is 5.18. The molecule has 17 heavy (non-hydrogen) atoms. The summed E-state index contributed by atoms with van der Waals surface area (Å²) in [6.07, 6.45) is 1.71. The van der Waals surface area contributed by atoms with E-state index in [0.717, 1.165) is 24.6 Å². The van der Waals surface area contributed by atoms with E-state index < -0.39 is 0 Å². The fraction of sp³-hybridized carbons (Fsp3) is 0.500. The highest BCUT2D eigenvalue weighted by Gasteiger charge is 2.02. The van der Waals surface area contributed by atoms with E-state index in [4.69, 9.17) is 4.74 Å². The van der Waals surface area contributed by atoms with Crippen molar-refractivity contribution in [1.82, 2.24) is 15.6 Å². The largest absolute Gasteiger partial charge is 0.481 e. The van der Waals surface area contributed by atoms with Crippen molar-refractivity contribution in [2.45, 2.75) is 20.4 Å². The monoisotopic (exact) mass is 236 g/mol. The summed E-state index contributed by atoms with van der Waals surface area (Å²) in [6, 6.07) is 3.85. The third-order valence-corrected chi connectivity index (χ3v) is 2.14. The second-order valence-electron chi connectivity index (χ2n) is 3.40. The predicted octanol–water partition coefficient (Wildman–Crippen LogP) is 1.17. The first kappa shape index (κ1) is 13.3. The second-order valence-corrected chi connectivity index (χ2v) is 3.40. The summed E-state index contributed by atoms with van der Waals surface area (Å²) < 4.78 is 5.18. The first-order valence-corrected chi connectivity index (χ1v) is 5.81. The minimum absolute atomic E-state index is 0.548. The summed E-state index contributed by atoms with van der Waals surface area (Å²) in [5.74, 6) is 1.43. The van der Waals surface area contributed by atoms with Crippen molar-refractivity contribution in [3.8, 4) is 5.88 Å². The summed E-state index contributed by atoms with van der Waals surface area (Å²) in [5, 5.41) is 6.34. The molecule has 0 unspecified atom stereocenters. The Labute approximate surface area is 102 Å². The van der Waals surface area contributed by atoms with Gasteiger partial charge in [-0.25, -0.2) is 9.98 Å². The second kappa shape index (κ2) is 7.49. The number of nitrogens with one attached hydrogen (secondary N) is 2. The Morgan fingerprint density at radius 1 is 1.35 bits per heavy atom. The fourth-order valence-electron chi connectivity index (χ4n) is 1.40. The minimum Gasteiger partial charge on any atom is -0.481 e. The smallest absolute Gasteiger partial charge is 0.218 e. The number of pyridine rings is 1. The van der Waals surface area contributed by atoms with Crippen LogP contribution in [-0.2, 0) is 6.54 Å². The summed E-state index contributed by atoms with van der Waals surface area (Å²) in [5.41, 5.74) is 0.975. The van der Waals surface area contributed by atoms with E-state index in [0.29, 0.717) is 12.4 Å². The van der Waals surface area contributed by atoms with Crippen LogP contribution in [0, 0.1) is 0 Å². The standard InChI is InChI=1S/C12H20N4O/c1-4-13-12(14-5-2)16-9-10-7-6-8-15-11(10)17-3/h6-8H,4-5,9H2,1-3H3,(H2,13,14,16). The van der Waals surface area contributed by atoms with Gasteiger partial charge >= 0.3 is 0 Å². The van der Waals surface area contributed by atoms with E-state index in [1.54, 1.807) is 13.3 Å². The molecule has 94 valence electrons. The highest BCUT2D eigenvalue weighted by atomic mass is 16.5. The first-order chi connectivity index (χ1) is 8.31. The molecule has 1 aromatic heterocycles. The van der Waals surface area contributed by atoms with Crippen molar-refractivity contribution in [1.29, 1.82) is 0 Å². The molecule has 0 bridgehead atoms. The van der Waals surface area contributed by atoms with Gasteiger partial charge in [0.05, 0.1) is 13.7 Å². The Bertz CT molecular complexity index is 357. The quantitative estimate of drug-likeness (QED) is 0.595. The number of guanidine groups is 1. The van der Waals surface area contributed by atoms with Crippen LogP contribution in [-0.4, -0.2) is 31.1 Å². The number of hydrogen-bond donors (Lipinski definition) is 2. The van der Waals surface area contributed by atoms with Crippen LogP contribution in [0.1, 0.15) is 19.4 Å². The third-order valence-electron chi connectivity index (χ3n) is 2.14. The SMILES string of the molecule is CCNC(=NCc1cccnc1OC)NCC. The van der Waals surface area contributed by atoms with Crippen LogP contribution >= 0.6 is 0 Å². The van der Waals surface area contributed by atoms with Crippen LogP contribution in [0.2, 0.25) is 0 Å². The molecule has 0 aromatic carbocycles. The molecule has 0 aliphatic rings. The lowest BCUT2D eigenvalue weighted by atomic mass is 10.3. The lowest BCUT2D eigenvalue weighted by molar-refractivity contribution is 0.392. The van der Waals surface area contributed by atoms with E-state index in [2.05, 4.69) is 20.6 Å². The molecule has 0 saturated heterocycles. The van der Waals surface area contributed by atoms with Crippen LogP contribution in [0.3, 0.4) is 0 Å². The van der Waals surface area contributed by atoms with E-state index in [1.165, 1.54) is 0 Å².